The van der Waals surface area contributed by atoms with Crippen molar-refractivity contribution >= 4 is 0 Å². The van der Waals surface area contributed by atoms with Crippen molar-refractivity contribution in [3.05, 3.63) is 34.2 Å². The Hall–Kier alpha value is -1.09. The van der Waals surface area contributed by atoms with Crippen molar-refractivity contribution in [2.75, 3.05) is 7.05 Å². The highest BCUT2D eigenvalue weighted by molar-refractivity contribution is 5.07. The standard InChI is InChI=1S/C12H20N2O/c1-4-6-11(13-3)9-14-8-5-7-10(2)12(14)15/h5,7-8,11,13H,4,6,9H2,1-3H3. The normalized spacial score (nSPS) is 12.7. The van der Waals surface area contributed by atoms with Crippen molar-refractivity contribution in [3.63, 3.8) is 0 Å². The highest BCUT2D eigenvalue weighted by Gasteiger charge is 2.07. The van der Waals surface area contributed by atoms with Gasteiger partial charge in [0.15, 0.2) is 0 Å². The molecule has 0 aromatic carbocycles. The summed E-state index contributed by atoms with van der Waals surface area (Å²) >= 11 is 0. The number of hydrogen-bond donors (Lipinski definition) is 1. The molecule has 1 aromatic rings. The summed E-state index contributed by atoms with van der Waals surface area (Å²) in [5.41, 5.74) is 0.928. The summed E-state index contributed by atoms with van der Waals surface area (Å²) in [4.78, 5) is 11.8. The van der Waals surface area contributed by atoms with Gasteiger partial charge in [0.25, 0.3) is 5.56 Å². The van der Waals surface area contributed by atoms with Gasteiger partial charge in [0.2, 0.25) is 0 Å². The van der Waals surface area contributed by atoms with Crippen LogP contribution >= 0.6 is 0 Å². The molecule has 0 bridgehead atoms. The first-order valence-electron chi connectivity index (χ1n) is 5.52. The predicted octanol–water partition coefficient (Wildman–Crippen LogP) is 1.54. The van der Waals surface area contributed by atoms with Crippen LogP contribution in [0.25, 0.3) is 0 Å². The van der Waals surface area contributed by atoms with Crippen molar-refractivity contribution in [2.45, 2.75) is 39.3 Å². The van der Waals surface area contributed by atoms with Crippen LogP contribution in [0, 0.1) is 6.92 Å². The lowest BCUT2D eigenvalue weighted by molar-refractivity contribution is 0.442. The molecule has 0 spiro atoms. The van der Waals surface area contributed by atoms with Gasteiger partial charge in [0.05, 0.1) is 0 Å². The molecule has 0 radical (unpaired) electrons. The lowest BCUT2D eigenvalue weighted by Gasteiger charge is -2.16. The van der Waals surface area contributed by atoms with E-state index in [4.69, 9.17) is 0 Å². The number of nitrogens with one attached hydrogen (secondary N) is 1. The molecule has 1 unspecified atom stereocenters. The monoisotopic (exact) mass is 208 g/mol. The van der Waals surface area contributed by atoms with Gasteiger partial charge < -0.3 is 9.88 Å². The van der Waals surface area contributed by atoms with Crippen LogP contribution in [0.1, 0.15) is 25.3 Å². The van der Waals surface area contributed by atoms with E-state index in [1.165, 1.54) is 0 Å². The fraction of sp³-hybridized carbons (Fsp3) is 0.583. The maximum absolute atomic E-state index is 11.8. The number of pyridine rings is 1. The van der Waals surface area contributed by atoms with E-state index in [2.05, 4.69) is 12.2 Å². The average Bonchev–Trinajstić information content (AvgIpc) is 2.24. The molecular weight excluding hydrogens is 188 g/mol. The molecule has 0 amide bonds. The predicted molar refractivity (Wildman–Crippen MR) is 63.2 cm³/mol. The van der Waals surface area contributed by atoms with Gasteiger partial charge in [-0.2, -0.15) is 0 Å². The van der Waals surface area contributed by atoms with Crippen LogP contribution < -0.4 is 10.9 Å². The van der Waals surface area contributed by atoms with E-state index < -0.39 is 0 Å². The third-order valence-electron chi connectivity index (χ3n) is 2.67. The van der Waals surface area contributed by atoms with Crippen LogP contribution in [0.5, 0.6) is 0 Å². The van der Waals surface area contributed by atoms with Gasteiger partial charge in [0, 0.05) is 24.3 Å². The van der Waals surface area contributed by atoms with Crippen LogP contribution in [0.4, 0.5) is 0 Å². The number of nitrogens with zero attached hydrogens (tertiary/aromatic N) is 1. The summed E-state index contributed by atoms with van der Waals surface area (Å²) < 4.78 is 1.78. The maximum atomic E-state index is 11.8. The van der Waals surface area contributed by atoms with E-state index in [-0.39, 0.29) is 5.56 Å². The minimum atomic E-state index is 0.119. The Morgan fingerprint density at radius 2 is 2.27 bits per heavy atom. The molecule has 15 heavy (non-hydrogen) atoms. The summed E-state index contributed by atoms with van der Waals surface area (Å²) in [6.45, 7) is 4.77. The molecule has 1 heterocycles. The van der Waals surface area contributed by atoms with Crippen molar-refractivity contribution < 1.29 is 0 Å². The summed E-state index contributed by atoms with van der Waals surface area (Å²) in [6, 6.07) is 4.16. The highest BCUT2D eigenvalue weighted by Crippen LogP contribution is 1.99. The summed E-state index contributed by atoms with van der Waals surface area (Å²) in [5, 5.41) is 3.24. The van der Waals surface area contributed by atoms with Crippen molar-refractivity contribution in [1.29, 1.82) is 0 Å². The minimum Gasteiger partial charge on any atom is -0.315 e. The van der Waals surface area contributed by atoms with Crippen LogP contribution in [-0.4, -0.2) is 17.7 Å². The summed E-state index contributed by atoms with van der Waals surface area (Å²) in [5.74, 6) is 0. The summed E-state index contributed by atoms with van der Waals surface area (Å²) in [6.07, 6.45) is 4.08. The van der Waals surface area contributed by atoms with Crippen molar-refractivity contribution in [2.24, 2.45) is 0 Å². The lowest BCUT2D eigenvalue weighted by Crippen LogP contribution is -2.34. The topological polar surface area (TPSA) is 34.0 Å². The zero-order valence-corrected chi connectivity index (χ0v) is 9.79. The van der Waals surface area contributed by atoms with Crippen LogP contribution in [-0.2, 0) is 6.54 Å². The second-order valence-electron chi connectivity index (χ2n) is 3.92. The molecule has 0 aliphatic rings. The van der Waals surface area contributed by atoms with Gasteiger partial charge in [-0.25, -0.2) is 0 Å². The zero-order valence-electron chi connectivity index (χ0n) is 9.79. The fourth-order valence-electron chi connectivity index (χ4n) is 1.71. The molecule has 0 fully saturated rings. The average molecular weight is 208 g/mol. The first kappa shape index (κ1) is 12.0. The molecule has 84 valence electrons. The Kier molecular flexibility index (Phi) is 4.56. The quantitative estimate of drug-likeness (QED) is 0.796. The molecule has 1 N–H and O–H groups in total. The third kappa shape index (κ3) is 3.20. The summed E-state index contributed by atoms with van der Waals surface area (Å²) in [7, 11) is 1.95. The van der Waals surface area contributed by atoms with Crippen LogP contribution in [0.3, 0.4) is 0 Å². The first-order chi connectivity index (χ1) is 7.19. The molecule has 1 aromatic heterocycles. The fourth-order valence-corrected chi connectivity index (χ4v) is 1.71. The molecule has 0 aliphatic carbocycles. The Labute approximate surface area is 91.1 Å². The Bertz CT molecular complexity index is 357. The van der Waals surface area contributed by atoms with Gasteiger partial charge in [-0.1, -0.05) is 19.4 Å². The van der Waals surface area contributed by atoms with Crippen molar-refractivity contribution in [1.82, 2.24) is 9.88 Å². The minimum absolute atomic E-state index is 0.119. The SMILES string of the molecule is CCCC(Cn1cccc(C)c1=O)NC. The van der Waals surface area contributed by atoms with E-state index in [0.717, 1.165) is 24.9 Å². The Morgan fingerprint density at radius 3 is 2.87 bits per heavy atom. The van der Waals surface area contributed by atoms with Crippen molar-refractivity contribution in [3.8, 4) is 0 Å². The van der Waals surface area contributed by atoms with Gasteiger partial charge in [-0.15, -0.1) is 0 Å². The number of likely N-dealkylation sites (N-methyl/N-ethyl adjacent to an activating group) is 1. The second kappa shape index (κ2) is 5.71. The molecule has 3 nitrogen and oxygen atoms in total. The molecule has 0 aliphatic heterocycles. The van der Waals surface area contributed by atoms with Gasteiger partial charge in [-0.3, -0.25) is 4.79 Å². The Morgan fingerprint density at radius 1 is 1.53 bits per heavy atom. The molecule has 3 heteroatoms. The highest BCUT2D eigenvalue weighted by atomic mass is 16.1. The van der Waals surface area contributed by atoms with Gasteiger partial charge >= 0.3 is 0 Å². The maximum Gasteiger partial charge on any atom is 0.253 e. The van der Waals surface area contributed by atoms with E-state index in [1.54, 1.807) is 4.57 Å². The molecule has 1 atom stereocenters. The van der Waals surface area contributed by atoms with Crippen LogP contribution in [0.15, 0.2) is 23.1 Å². The third-order valence-corrected chi connectivity index (χ3v) is 2.67. The number of rotatable bonds is 5. The molecule has 1 rings (SSSR count). The molecule has 0 saturated heterocycles. The van der Waals surface area contributed by atoms with E-state index in [9.17, 15) is 4.79 Å². The van der Waals surface area contributed by atoms with Gasteiger partial charge in [0.1, 0.15) is 0 Å². The zero-order chi connectivity index (χ0) is 11.3. The van der Waals surface area contributed by atoms with Crippen LogP contribution in [0.2, 0.25) is 0 Å². The Balaban J connectivity index is 2.79. The largest absolute Gasteiger partial charge is 0.315 e. The molecular formula is C12H20N2O. The van der Waals surface area contributed by atoms with E-state index >= 15 is 0 Å². The second-order valence-corrected chi connectivity index (χ2v) is 3.92. The smallest absolute Gasteiger partial charge is 0.253 e. The van der Waals surface area contributed by atoms with E-state index in [1.807, 2.05) is 32.3 Å². The number of aromatic nitrogens is 1. The van der Waals surface area contributed by atoms with Gasteiger partial charge in [-0.05, 0) is 26.5 Å². The molecule has 0 saturated carbocycles. The lowest BCUT2D eigenvalue weighted by atomic mass is 10.1. The number of aryl methyl sites for hydroxylation is 1. The number of hydrogen-bond acceptors (Lipinski definition) is 2. The first-order valence-corrected chi connectivity index (χ1v) is 5.52. The van der Waals surface area contributed by atoms with E-state index in [0.29, 0.717) is 6.04 Å².